The molecule has 0 bridgehead atoms. The van der Waals surface area contributed by atoms with E-state index >= 15 is 0 Å². The molecule has 0 amide bonds. The second-order valence-corrected chi connectivity index (χ2v) is 4.22. The first-order chi connectivity index (χ1) is 6.41. The highest BCUT2D eigenvalue weighted by molar-refractivity contribution is 6.26. The summed E-state index contributed by atoms with van der Waals surface area (Å²) >= 11 is 0. The van der Waals surface area contributed by atoms with Gasteiger partial charge in [-0.25, -0.2) is 0 Å². The molecule has 3 heteroatoms. The lowest BCUT2D eigenvalue weighted by atomic mass is 10.1. The molecule has 0 saturated heterocycles. The molecular formula is C10H21FOSi. The van der Waals surface area contributed by atoms with Crippen LogP contribution in [0.25, 0.3) is 0 Å². The summed E-state index contributed by atoms with van der Waals surface area (Å²) in [4.78, 5) is 0. The molecule has 78 valence electrons. The number of hydrogen-bond acceptors (Lipinski definition) is 1. The Bertz CT molecular complexity index is 81.0. The zero-order valence-electron chi connectivity index (χ0n) is 8.65. The third-order valence-electron chi connectivity index (χ3n) is 1.91. The van der Waals surface area contributed by atoms with Crippen LogP contribution >= 0.6 is 0 Å². The molecule has 0 saturated carbocycles. The Kier molecular flexibility index (Phi) is 12.2. The summed E-state index contributed by atoms with van der Waals surface area (Å²) < 4.78 is 16.9. The average molecular weight is 204 g/mol. The van der Waals surface area contributed by atoms with Crippen LogP contribution in [0.4, 0.5) is 4.39 Å². The zero-order valence-corrected chi connectivity index (χ0v) is 9.65. The third-order valence-corrected chi connectivity index (χ3v) is 2.96. The normalized spacial score (nSPS) is 10.6. The van der Waals surface area contributed by atoms with Crippen molar-refractivity contribution in [1.29, 1.82) is 0 Å². The Morgan fingerprint density at radius 1 is 1.00 bits per heavy atom. The minimum Gasteiger partial charge on any atom is -0.418 e. The summed E-state index contributed by atoms with van der Waals surface area (Å²) in [5.41, 5.74) is 0. The molecule has 0 aromatic carbocycles. The molecule has 0 N–H and O–H groups in total. The van der Waals surface area contributed by atoms with E-state index in [1.807, 2.05) is 6.92 Å². The highest BCUT2D eigenvalue weighted by atomic mass is 28.2. The van der Waals surface area contributed by atoms with Gasteiger partial charge >= 0.3 is 0 Å². The quantitative estimate of drug-likeness (QED) is 0.391. The Morgan fingerprint density at radius 2 is 1.62 bits per heavy atom. The highest BCUT2D eigenvalue weighted by Gasteiger charge is 1.92. The predicted octanol–water partition coefficient (Wildman–Crippen LogP) is 3.37. The van der Waals surface area contributed by atoms with Crippen LogP contribution in [0.2, 0.25) is 6.04 Å². The van der Waals surface area contributed by atoms with E-state index in [2.05, 4.69) is 0 Å². The van der Waals surface area contributed by atoms with Gasteiger partial charge in [0.05, 0.1) is 6.67 Å². The molecule has 2 radical (unpaired) electrons. The summed E-state index contributed by atoms with van der Waals surface area (Å²) in [5, 5.41) is 0. The fourth-order valence-electron chi connectivity index (χ4n) is 1.17. The van der Waals surface area contributed by atoms with Crippen LogP contribution in [0, 0.1) is 0 Å². The molecule has 0 unspecified atom stereocenters. The SMILES string of the molecule is CCO[Si]CCCCCCCCF. The van der Waals surface area contributed by atoms with Gasteiger partial charge in [0.2, 0.25) is 9.76 Å². The van der Waals surface area contributed by atoms with E-state index in [0.717, 1.165) is 19.4 Å². The Morgan fingerprint density at radius 3 is 2.23 bits per heavy atom. The minimum atomic E-state index is -0.147. The lowest BCUT2D eigenvalue weighted by molar-refractivity contribution is 0.358. The van der Waals surface area contributed by atoms with Crippen molar-refractivity contribution < 1.29 is 8.82 Å². The maximum absolute atomic E-state index is 11.7. The lowest BCUT2D eigenvalue weighted by Crippen LogP contribution is -1.96. The van der Waals surface area contributed by atoms with E-state index in [1.54, 1.807) is 0 Å². The van der Waals surface area contributed by atoms with Crippen molar-refractivity contribution >= 4 is 9.76 Å². The third kappa shape index (κ3) is 12.1. The highest BCUT2D eigenvalue weighted by Crippen LogP contribution is 2.07. The monoisotopic (exact) mass is 204 g/mol. The zero-order chi connectivity index (χ0) is 9.78. The second-order valence-electron chi connectivity index (χ2n) is 3.14. The number of halogens is 1. The van der Waals surface area contributed by atoms with E-state index in [-0.39, 0.29) is 6.67 Å². The van der Waals surface area contributed by atoms with Gasteiger partial charge < -0.3 is 4.43 Å². The molecule has 0 heterocycles. The van der Waals surface area contributed by atoms with E-state index < -0.39 is 0 Å². The topological polar surface area (TPSA) is 9.23 Å². The fraction of sp³-hybridized carbons (Fsp3) is 1.00. The minimum absolute atomic E-state index is 0.147. The van der Waals surface area contributed by atoms with Crippen molar-refractivity contribution in [1.82, 2.24) is 0 Å². The molecule has 0 atom stereocenters. The molecule has 0 aliphatic rings. The molecule has 0 aromatic rings. The van der Waals surface area contributed by atoms with Crippen LogP contribution in [-0.4, -0.2) is 23.0 Å². The number of hydrogen-bond donors (Lipinski definition) is 0. The van der Waals surface area contributed by atoms with Gasteiger partial charge in [-0.15, -0.1) is 0 Å². The molecule has 0 aliphatic carbocycles. The molecule has 0 aromatic heterocycles. The number of rotatable bonds is 10. The fourth-order valence-corrected chi connectivity index (χ4v) is 1.92. The second kappa shape index (κ2) is 12.1. The van der Waals surface area contributed by atoms with Crippen molar-refractivity contribution in [3.05, 3.63) is 0 Å². The molecule has 0 spiro atoms. The summed E-state index contributed by atoms with van der Waals surface area (Å²) in [5.74, 6) is 0. The first kappa shape index (κ1) is 13.1. The van der Waals surface area contributed by atoms with Crippen LogP contribution in [0.1, 0.15) is 45.4 Å². The van der Waals surface area contributed by atoms with Crippen LogP contribution < -0.4 is 0 Å². The maximum Gasteiger partial charge on any atom is 0.229 e. The standard InChI is InChI=1S/C10H21FOSi/c1-2-12-13-10-8-6-4-3-5-7-9-11/h2-10H2,1H3. The summed E-state index contributed by atoms with van der Waals surface area (Å²) in [6.07, 6.45) is 6.82. The van der Waals surface area contributed by atoms with Gasteiger partial charge in [-0.3, -0.25) is 4.39 Å². The van der Waals surface area contributed by atoms with Crippen molar-refractivity contribution in [3.8, 4) is 0 Å². The van der Waals surface area contributed by atoms with E-state index in [4.69, 9.17) is 4.43 Å². The van der Waals surface area contributed by atoms with Gasteiger partial charge in [0.1, 0.15) is 0 Å². The summed E-state index contributed by atoms with van der Waals surface area (Å²) in [6.45, 7) is 2.73. The molecule has 0 rings (SSSR count). The lowest BCUT2D eigenvalue weighted by Gasteiger charge is -2.00. The van der Waals surface area contributed by atoms with Crippen LogP contribution in [0.15, 0.2) is 0 Å². The van der Waals surface area contributed by atoms with Crippen molar-refractivity contribution in [2.24, 2.45) is 0 Å². The largest absolute Gasteiger partial charge is 0.418 e. The van der Waals surface area contributed by atoms with Crippen molar-refractivity contribution in [3.63, 3.8) is 0 Å². The molecule has 13 heavy (non-hydrogen) atoms. The van der Waals surface area contributed by atoms with Gasteiger partial charge in [0, 0.05) is 6.61 Å². The maximum atomic E-state index is 11.7. The smallest absolute Gasteiger partial charge is 0.229 e. The summed E-state index contributed by atoms with van der Waals surface area (Å²) in [7, 11) is 0.684. The molecular weight excluding hydrogens is 183 g/mol. The predicted molar refractivity (Wildman–Crippen MR) is 55.9 cm³/mol. The molecule has 0 aliphatic heterocycles. The van der Waals surface area contributed by atoms with E-state index in [1.165, 1.54) is 31.7 Å². The summed E-state index contributed by atoms with van der Waals surface area (Å²) in [6, 6.07) is 1.21. The van der Waals surface area contributed by atoms with Crippen LogP contribution in [0.5, 0.6) is 0 Å². The Hall–Kier alpha value is 0.107. The van der Waals surface area contributed by atoms with Gasteiger partial charge in [-0.2, -0.15) is 0 Å². The first-order valence-corrected chi connectivity index (χ1v) is 6.44. The van der Waals surface area contributed by atoms with Gasteiger partial charge in [0.15, 0.2) is 0 Å². The Balaban J connectivity index is 2.76. The van der Waals surface area contributed by atoms with Crippen molar-refractivity contribution in [2.45, 2.75) is 51.5 Å². The van der Waals surface area contributed by atoms with Gasteiger partial charge in [0.25, 0.3) is 0 Å². The van der Waals surface area contributed by atoms with Gasteiger partial charge in [-0.1, -0.05) is 32.1 Å². The van der Waals surface area contributed by atoms with Crippen molar-refractivity contribution in [2.75, 3.05) is 13.3 Å². The average Bonchev–Trinajstić information content (AvgIpc) is 2.16. The number of unbranched alkanes of at least 4 members (excludes halogenated alkanes) is 5. The first-order valence-electron chi connectivity index (χ1n) is 5.32. The van der Waals surface area contributed by atoms with E-state index in [9.17, 15) is 4.39 Å². The van der Waals surface area contributed by atoms with Gasteiger partial charge in [-0.05, 0) is 19.4 Å². The van der Waals surface area contributed by atoms with E-state index in [0.29, 0.717) is 9.76 Å². The Labute approximate surface area is 84.0 Å². The molecule has 0 fully saturated rings. The van der Waals surface area contributed by atoms with Crippen LogP contribution in [0.3, 0.4) is 0 Å². The molecule has 1 nitrogen and oxygen atoms in total. The van der Waals surface area contributed by atoms with Crippen LogP contribution in [-0.2, 0) is 4.43 Å². The number of alkyl halides is 1.